The molecule has 0 radical (unpaired) electrons. The topological polar surface area (TPSA) is 129 Å². The van der Waals surface area contributed by atoms with Gasteiger partial charge in [-0.05, 0) is 24.3 Å². The number of hydrogen-bond donors (Lipinski definition) is 2. The molecule has 3 heterocycles. The van der Waals surface area contributed by atoms with Crippen LogP contribution < -0.4 is 5.73 Å². The monoisotopic (exact) mass is 372 g/mol. The van der Waals surface area contributed by atoms with E-state index in [4.69, 9.17) is 11.0 Å². The van der Waals surface area contributed by atoms with Crippen LogP contribution in [0.1, 0.15) is 37.8 Å². The predicted molar refractivity (Wildman–Crippen MR) is 99.9 cm³/mol. The lowest BCUT2D eigenvalue weighted by Gasteiger charge is -2.26. The Morgan fingerprint density at radius 1 is 1.14 bits per heavy atom. The Balaban J connectivity index is 1.53. The van der Waals surface area contributed by atoms with Gasteiger partial charge < -0.3 is 15.6 Å². The molecular formula is C20H16N6O2. The van der Waals surface area contributed by atoms with Crippen LogP contribution in [0.15, 0.2) is 42.6 Å². The second kappa shape index (κ2) is 6.96. The number of nitrogens with zero attached hydrogens (tertiary/aromatic N) is 4. The minimum absolute atomic E-state index is 0.135. The highest BCUT2D eigenvalue weighted by Gasteiger charge is 2.25. The third kappa shape index (κ3) is 3.21. The van der Waals surface area contributed by atoms with Gasteiger partial charge in [-0.25, -0.2) is 9.97 Å². The number of amides is 2. The van der Waals surface area contributed by atoms with Gasteiger partial charge in [-0.3, -0.25) is 9.59 Å². The number of benzene rings is 1. The van der Waals surface area contributed by atoms with Crippen molar-refractivity contribution in [2.45, 2.75) is 13.0 Å². The number of carbonyl (C=O) groups excluding carboxylic acids is 2. The van der Waals surface area contributed by atoms with Crippen LogP contribution in [0.5, 0.6) is 0 Å². The summed E-state index contributed by atoms with van der Waals surface area (Å²) < 4.78 is 0. The maximum Gasteiger partial charge on any atom is 0.255 e. The first-order chi connectivity index (χ1) is 13.5. The summed E-state index contributed by atoms with van der Waals surface area (Å²) >= 11 is 0. The summed E-state index contributed by atoms with van der Waals surface area (Å²) in [7, 11) is 0. The average molecular weight is 372 g/mol. The van der Waals surface area contributed by atoms with Crippen molar-refractivity contribution in [2.75, 3.05) is 6.54 Å². The number of carbonyl (C=O) groups is 2. The normalized spacial score (nSPS) is 12.9. The van der Waals surface area contributed by atoms with E-state index in [1.165, 1.54) is 12.3 Å². The van der Waals surface area contributed by atoms with Crippen LogP contribution in [0.4, 0.5) is 0 Å². The number of rotatable bonds is 3. The first-order valence-corrected chi connectivity index (χ1v) is 8.68. The fourth-order valence-corrected chi connectivity index (χ4v) is 3.17. The van der Waals surface area contributed by atoms with E-state index in [2.05, 4.69) is 15.0 Å². The number of aromatic amines is 1. The Morgan fingerprint density at radius 2 is 1.89 bits per heavy atom. The zero-order valence-electron chi connectivity index (χ0n) is 14.8. The third-order valence-electron chi connectivity index (χ3n) is 4.69. The summed E-state index contributed by atoms with van der Waals surface area (Å²) in [6.07, 6.45) is 2.07. The molecular weight excluding hydrogens is 356 g/mol. The number of fused-ring (bicyclic) bond motifs is 1. The van der Waals surface area contributed by atoms with E-state index >= 15 is 0 Å². The number of imidazole rings is 1. The highest BCUT2D eigenvalue weighted by molar-refractivity contribution is 5.94. The van der Waals surface area contributed by atoms with Crippen LogP contribution in [-0.4, -0.2) is 38.2 Å². The molecule has 3 aromatic rings. The van der Waals surface area contributed by atoms with Crippen molar-refractivity contribution in [3.63, 3.8) is 0 Å². The quantitative estimate of drug-likeness (QED) is 0.722. The number of primary amides is 1. The lowest BCUT2D eigenvalue weighted by molar-refractivity contribution is 0.0731. The molecule has 28 heavy (non-hydrogen) atoms. The molecule has 4 rings (SSSR count). The molecule has 2 aromatic heterocycles. The first kappa shape index (κ1) is 17.4. The van der Waals surface area contributed by atoms with Crippen LogP contribution >= 0.6 is 0 Å². The van der Waals surface area contributed by atoms with Gasteiger partial charge in [0, 0.05) is 30.3 Å². The standard InChI is InChI=1S/C20H16N6O2/c21-9-15-6-5-14(10-23-15)20(28)26-8-7-16-17(11-26)25-19(24-16)13-3-1-12(2-4-13)18(22)27/h1-6,10H,7-8,11H2,(H2,22,27)(H,24,25). The number of nitrogens with one attached hydrogen (secondary N) is 1. The predicted octanol–water partition coefficient (Wildman–Crippen LogP) is 1.64. The summed E-state index contributed by atoms with van der Waals surface area (Å²) in [5, 5.41) is 8.82. The molecule has 1 aliphatic rings. The Morgan fingerprint density at radius 3 is 2.54 bits per heavy atom. The number of nitrogens with two attached hydrogens (primary N) is 1. The summed E-state index contributed by atoms with van der Waals surface area (Å²) in [6.45, 7) is 0.970. The molecule has 1 aliphatic heterocycles. The zero-order chi connectivity index (χ0) is 19.7. The van der Waals surface area contributed by atoms with E-state index in [0.717, 1.165) is 17.0 Å². The molecule has 0 spiro atoms. The Hall–Kier alpha value is -3.99. The SMILES string of the molecule is N#Cc1ccc(C(=O)N2CCc3nc(-c4ccc(C(N)=O)cc4)[nH]c3C2)cn1. The maximum atomic E-state index is 12.7. The van der Waals surface area contributed by atoms with E-state index in [9.17, 15) is 9.59 Å². The minimum atomic E-state index is -0.475. The van der Waals surface area contributed by atoms with Crippen molar-refractivity contribution in [3.05, 3.63) is 70.8 Å². The summed E-state index contributed by atoms with van der Waals surface area (Å²) in [5.41, 5.74) is 9.08. The highest BCUT2D eigenvalue weighted by atomic mass is 16.2. The second-order valence-corrected chi connectivity index (χ2v) is 6.47. The smallest absolute Gasteiger partial charge is 0.255 e. The Labute approximate surface area is 160 Å². The number of aromatic nitrogens is 3. The number of hydrogen-bond acceptors (Lipinski definition) is 5. The van der Waals surface area contributed by atoms with Crippen LogP contribution in [0.2, 0.25) is 0 Å². The minimum Gasteiger partial charge on any atom is -0.366 e. The zero-order valence-corrected chi connectivity index (χ0v) is 14.8. The van der Waals surface area contributed by atoms with Gasteiger partial charge in [-0.15, -0.1) is 0 Å². The van der Waals surface area contributed by atoms with Crippen molar-refractivity contribution < 1.29 is 9.59 Å². The maximum absolute atomic E-state index is 12.7. The molecule has 0 bridgehead atoms. The molecule has 0 unspecified atom stereocenters. The lowest BCUT2D eigenvalue weighted by Crippen LogP contribution is -2.36. The third-order valence-corrected chi connectivity index (χ3v) is 4.69. The van der Waals surface area contributed by atoms with E-state index in [1.54, 1.807) is 35.2 Å². The van der Waals surface area contributed by atoms with Crippen molar-refractivity contribution >= 4 is 11.8 Å². The average Bonchev–Trinajstić information content (AvgIpc) is 3.16. The molecule has 3 N–H and O–H groups in total. The molecule has 0 fully saturated rings. The summed E-state index contributed by atoms with van der Waals surface area (Å²) in [6, 6.07) is 12.0. The molecule has 0 aliphatic carbocycles. The lowest BCUT2D eigenvalue weighted by atomic mass is 10.1. The Bertz CT molecular complexity index is 1090. The molecule has 8 heteroatoms. The number of H-pyrrole nitrogens is 1. The van der Waals surface area contributed by atoms with Crippen molar-refractivity contribution in [3.8, 4) is 17.5 Å². The van der Waals surface area contributed by atoms with Gasteiger partial charge in [-0.1, -0.05) is 12.1 Å². The van der Waals surface area contributed by atoms with E-state index in [1.807, 2.05) is 6.07 Å². The number of pyridine rings is 1. The number of nitriles is 1. The van der Waals surface area contributed by atoms with Gasteiger partial charge >= 0.3 is 0 Å². The molecule has 0 saturated carbocycles. The first-order valence-electron chi connectivity index (χ1n) is 8.68. The molecule has 0 atom stereocenters. The summed E-state index contributed by atoms with van der Waals surface area (Å²) in [5.74, 6) is 0.0803. The van der Waals surface area contributed by atoms with E-state index in [-0.39, 0.29) is 11.6 Å². The highest BCUT2D eigenvalue weighted by Crippen LogP contribution is 2.24. The van der Waals surface area contributed by atoms with Crippen molar-refractivity contribution in [1.82, 2.24) is 19.9 Å². The van der Waals surface area contributed by atoms with Crippen molar-refractivity contribution in [1.29, 1.82) is 5.26 Å². The largest absolute Gasteiger partial charge is 0.366 e. The van der Waals surface area contributed by atoms with E-state index < -0.39 is 5.91 Å². The molecule has 1 aromatic carbocycles. The van der Waals surface area contributed by atoms with Crippen molar-refractivity contribution in [2.24, 2.45) is 5.73 Å². The van der Waals surface area contributed by atoms with Crippen LogP contribution in [0.3, 0.4) is 0 Å². The van der Waals surface area contributed by atoms with Gasteiger partial charge in [0.15, 0.2) is 0 Å². The van der Waals surface area contributed by atoms with Crippen LogP contribution in [0.25, 0.3) is 11.4 Å². The van der Waals surface area contributed by atoms with Gasteiger partial charge in [0.25, 0.3) is 5.91 Å². The van der Waals surface area contributed by atoms with Gasteiger partial charge in [-0.2, -0.15) is 5.26 Å². The van der Waals surface area contributed by atoms with Gasteiger partial charge in [0.2, 0.25) is 5.91 Å². The van der Waals surface area contributed by atoms with Gasteiger partial charge in [0.05, 0.1) is 23.5 Å². The molecule has 0 saturated heterocycles. The summed E-state index contributed by atoms with van der Waals surface area (Å²) in [4.78, 5) is 37.5. The molecule has 8 nitrogen and oxygen atoms in total. The Kier molecular flexibility index (Phi) is 4.33. The molecule has 138 valence electrons. The molecule has 2 amide bonds. The van der Waals surface area contributed by atoms with Crippen LogP contribution in [-0.2, 0) is 13.0 Å². The van der Waals surface area contributed by atoms with E-state index in [0.29, 0.717) is 36.5 Å². The fourth-order valence-electron chi connectivity index (χ4n) is 3.17. The van der Waals surface area contributed by atoms with Crippen LogP contribution in [0, 0.1) is 11.3 Å². The van der Waals surface area contributed by atoms with Gasteiger partial charge in [0.1, 0.15) is 17.6 Å². The fraction of sp³-hybridized carbons (Fsp3) is 0.150. The second-order valence-electron chi connectivity index (χ2n) is 6.47.